The number of methoxy groups -OCH3 is 1. The molecule has 5 nitrogen and oxygen atoms in total. The molecule has 1 rings (SSSR count). The van der Waals surface area contributed by atoms with Gasteiger partial charge in [0.05, 0.1) is 6.61 Å². The highest BCUT2D eigenvalue weighted by molar-refractivity contribution is 5.27. The number of nitrogens with zero attached hydrogens (tertiary/aromatic N) is 2. The minimum Gasteiger partial charge on any atom is -0.478 e. The fraction of sp³-hybridized carbons (Fsp3) is 0.692. The number of aromatic nitrogens is 2. The quantitative estimate of drug-likeness (QED) is 0.770. The Bertz CT molecular complexity index is 356. The van der Waals surface area contributed by atoms with Crippen molar-refractivity contribution < 1.29 is 9.47 Å². The van der Waals surface area contributed by atoms with Gasteiger partial charge in [-0.2, -0.15) is 4.98 Å². The molecule has 0 fully saturated rings. The summed E-state index contributed by atoms with van der Waals surface area (Å²) >= 11 is 0. The summed E-state index contributed by atoms with van der Waals surface area (Å²) in [5, 5.41) is 3.23. The van der Waals surface area contributed by atoms with Crippen LogP contribution in [-0.2, 0) is 4.74 Å². The lowest BCUT2D eigenvalue weighted by molar-refractivity contribution is 0.157. The van der Waals surface area contributed by atoms with Crippen molar-refractivity contribution in [3.05, 3.63) is 12.3 Å². The molecule has 18 heavy (non-hydrogen) atoms. The molecule has 0 saturated heterocycles. The molecule has 0 radical (unpaired) electrons. The van der Waals surface area contributed by atoms with Crippen LogP contribution in [0.25, 0.3) is 0 Å². The van der Waals surface area contributed by atoms with Crippen LogP contribution in [0.1, 0.15) is 27.2 Å². The minimum atomic E-state index is 0.140. The average Bonchev–Trinajstić information content (AvgIpc) is 2.35. The Labute approximate surface area is 109 Å². The van der Waals surface area contributed by atoms with E-state index in [1.165, 1.54) is 0 Å². The van der Waals surface area contributed by atoms with Crippen LogP contribution in [0.4, 0.5) is 5.95 Å². The zero-order chi connectivity index (χ0) is 13.4. The molecule has 1 aromatic rings. The summed E-state index contributed by atoms with van der Waals surface area (Å²) in [6.07, 6.45) is 2.68. The maximum absolute atomic E-state index is 5.33. The molecule has 0 aliphatic heterocycles. The molecule has 0 aliphatic rings. The molecule has 0 amide bonds. The fourth-order valence-corrected chi connectivity index (χ4v) is 1.44. The van der Waals surface area contributed by atoms with Gasteiger partial charge in [0.25, 0.3) is 0 Å². The van der Waals surface area contributed by atoms with E-state index >= 15 is 0 Å². The van der Waals surface area contributed by atoms with E-state index in [1.807, 2.05) is 6.92 Å². The predicted molar refractivity (Wildman–Crippen MR) is 72.0 cm³/mol. The highest BCUT2D eigenvalue weighted by Crippen LogP contribution is 2.20. The van der Waals surface area contributed by atoms with Gasteiger partial charge >= 0.3 is 0 Å². The summed E-state index contributed by atoms with van der Waals surface area (Å²) in [5.41, 5.74) is 0.140. The smallest absolute Gasteiger partial charge is 0.225 e. The van der Waals surface area contributed by atoms with Gasteiger partial charge in [-0.15, -0.1) is 0 Å². The van der Waals surface area contributed by atoms with E-state index in [-0.39, 0.29) is 5.41 Å². The van der Waals surface area contributed by atoms with Crippen molar-refractivity contribution in [2.45, 2.75) is 27.2 Å². The normalized spacial score (nSPS) is 11.3. The first kappa shape index (κ1) is 14.7. The van der Waals surface area contributed by atoms with Gasteiger partial charge in [-0.05, 0) is 18.8 Å². The minimum absolute atomic E-state index is 0.140. The lowest BCUT2D eigenvalue weighted by Crippen LogP contribution is -2.25. The summed E-state index contributed by atoms with van der Waals surface area (Å²) in [7, 11) is 1.72. The first-order chi connectivity index (χ1) is 8.57. The van der Waals surface area contributed by atoms with Crippen LogP contribution in [0.2, 0.25) is 0 Å². The van der Waals surface area contributed by atoms with E-state index in [4.69, 9.17) is 9.47 Å². The first-order valence-electron chi connectivity index (χ1n) is 6.26. The maximum atomic E-state index is 5.33. The number of ether oxygens (including phenoxy) is 2. The number of anilines is 1. The molecule has 0 aromatic carbocycles. The lowest BCUT2D eigenvalue weighted by atomic mass is 9.90. The van der Waals surface area contributed by atoms with Gasteiger partial charge in [-0.25, -0.2) is 4.98 Å². The number of nitrogens with one attached hydrogen (secondary N) is 1. The van der Waals surface area contributed by atoms with E-state index < -0.39 is 0 Å². The first-order valence-corrected chi connectivity index (χ1v) is 6.26. The predicted octanol–water partition coefficient (Wildman–Crippen LogP) is 2.35. The molecule has 0 saturated carbocycles. The molecule has 1 heterocycles. The van der Waals surface area contributed by atoms with Gasteiger partial charge in [0.2, 0.25) is 11.8 Å². The van der Waals surface area contributed by atoms with Crippen LogP contribution >= 0.6 is 0 Å². The molecule has 0 unspecified atom stereocenters. The Morgan fingerprint density at radius 1 is 1.39 bits per heavy atom. The van der Waals surface area contributed by atoms with Crippen LogP contribution in [0.3, 0.4) is 0 Å². The Morgan fingerprint density at radius 2 is 2.17 bits per heavy atom. The van der Waals surface area contributed by atoms with Gasteiger partial charge in [-0.1, -0.05) is 13.8 Å². The molecule has 0 bridgehead atoms. The van der Waals surface area contributed by atoms with E-state index in [0.717, 1.165) is 19.6 Å². The van der Waals surface area contributed by atoms with E-state index in [2.05, 4.69) is 29.1 Å². The number of rotatable bonds is 8. The Balaban J connectivity index is 2.49. The number of hydrogen-bond acceptors (Lipinski definition) is 5. The Kier molecular flexibility index (Phi) is 5.85. The highest BCUT2D eigenvalue weighted by Gasteiger charge is 2.17. The molecule has 5 heteroatoms. The fourth-order valence-electron chi connectivity index (χ4n) is 1.44. The van der Waals surface area contributed by atoms with Crippen LogP contribution in [-0.4, -0.2) is 36.8 Å². The van der Waals surface area contributed by atoms with Crippen molar-refractivity contribution in [1.82, 2.24) is 9.97 Å². The second-order valence-corrected chi connectivity index (χ2v) is 4.91. The zero-order valence-electron chi connectivity index (χ0n) is 11.7. The van der Waals surface area contributed by atoms with Crippen LogP contribution < -0.4 is 10.1 Å². The van der Waals surface area contributed by atoms with Crippen molar-refractivity contribution in [2.75, 3.05) is 32.2 Å². The van der Waals surface area contributed by atoms with Gasteiger partial charge < -0.3 is 14.8 Å². The van der Waals surface area contributed by atoms with Gasteiger partial charge in [0.1, 0.15) is 0 Å². The van der Waals surface area contributed by atoms with E-state index in [0.29, 0.717) is 18.4 Å². The number of hydrogen-bond donors (Lipinski definition) is 1. The molecular formula is C13H23N3O2. The third-order valence-corrected chi connectivity index (χ3v) is 2.63. The maximum Gasteiger partial charge on any atom is 0.225 e. The van der Waals surface area contributed by atoms with Gasteiger partial charge in [0.15, 0.2) is 0 Å². The monoisotopic (exact) mass is 253 g/mol. The summed E-state index contributed by atoms with van der Waals surface area (Å²) in [6, 6.07) is 1.75. The summed E-state index contributed by atoms with van der Waals surface area (Å²) in [5.74, 6) is 1.20. The lowest BCUT2D eigenvalue weighted by Gasteiger charge is -2.24. The van der Waals surface area contributed by atoms with E-state index in [1.54, 1.807) is 19.4 Å². The zero-order valence-corrected chi connectivity index (χ0v) is 11.7. The standard InChI is InChI=1S/C13H23N3O2/c1-5-18-11-6-8-14-12(16-11)15-10-13(2,3)7-9-17-4/h6,8H,5,7,9-10H2,1-4H3,(H,14,15,16). The largest absolute Gasteiger partial charge is 0.478 e. The molecule has 1 aromatic heterocycles. The second kappa shape index (κ2) is 7.16. The van der Waals surface area contributed by atoms with Gasteiger partial charge in [0, 0.05) is 32.5 Å². The van der Waals surface area contributed by atoms with Crippen molar-refractivity contribution in [3.63, 3.8) is 0 Å². The third-order valence-electron chi connectivity index (χ3n) is 2.63. The molecule has 0 spiro atoms. The van der Waals surface area contributed by atoms with Crippen LogP contribution in [0.15, 0.2) is 12.3 Å². The summed E-state index contributed by atoms with van der Waals surface area (Å²) in [4.78, 5) is 8.44. The highest BCUT2D eigenvalue weighted by atomic mass is 16.5. The van der Waals surface area contributed by atoms with Crippen molar-refractivity contribution in [3.8, 4) is 5.88 Å². The van der Waals surface area contributed by atoms with Crippen LogP contribution in [0.5, 0.6) is 5.88 Å². The second-order valence-electron chi connectivity index (χ2n) is 4.91. The van der Waals surface area contributed by atoms with Crippen molar-refractivity contribution in [1.29, 1.82) is 0 Å². The van der Waals surface area contributed by atoms with Crippen LogP contribution in [0, 0.1) is 5.41 Å². The summed E-state index contributed by atoms with van der Waals surface area (Å²) < 4.78 is 10.4. The SMILES string of the molecule is CCOc1ccnc(NCC(C)(C)CCOC)n1. The van der Waals surface area contributed by atoms with Crippen molar-refractivity contribution >= 4 is 5.95 Å². The molecule has 0 atom stereocenters. The summed E-state index contributed by atoms with van der Waals surface area (Å²) in [6.45, 7) is 8.47. The molecular weight excluding hydrogens is 230 g/mol. The van der Waals surface area contributed by atoms with Crippen molar-refractivity contribution in [2.24, 2.45) is 5.41 Å². The Morgan fingerprint density at radius 3 is 2.83 bits per heavy atom. The third kappa shape index (κ3) is 5.31. The van der Waals surface area contributed by atoms with Gasteiger partial charge in [-0.3, -0.25) is 0 Å². The Hall–Kier alpha value is -1.36. The molecule has 1 N–H and O–H groups in total. The molecule has 102 valence electrons. The molecule has 0 aliphatic carbocycles. The topological polar surface area (TPSA) is 56.3 Å². The van der Waals surface area contributed by atoms with E-state index in [9.17, 15) is 0 Å². The average molecular weight is 253 g/mol.